The highest BCUT2D eigenvalue weighted by Crippen LogP contribution is 2.32. The molecule has 4 heteroatoms. The van der Waals surface area contributed by atoms with Crippen molar-refractivity contribution in [2.45, 2.75) is 39.7 Å². The number of rotatable bonds is 3. The van der Waals surface area contributed by atoms with Crippen LogP contribution in [0.3, 0.4) is 0 Å². The highest BCUT2D eigenvalue weighted by molar-refractivity contribution is 7.05. The molecule has 1 atom stereocenters. The van der Waals surface area contributed by atoms with E-state index in [2.05, 4.69) is 29.5 Å². The molecule has 18 heavy (non-hydrogen) atoms. The number of hydrogen-bond acceptors (Lipinski definition) is 4. The van der Waals surface area contributed by atoms with E-state index in [1.807, 2.05) is 26.0 Å². The Morgan fingerprint density at radius 3 is 2.61 bits per heavy atom. The van der Waals surface area contributed by atoms with E-state index in [1.54, 1.807) is 0 Å². The average Bonchev–Trinajstić information content (AvgIpc) is 2.80. The van der Waals surface area contributed by atoms with E-state index < -0.39 is 6.10 Å². The number of aromatic nitrogens is 2. The molecule has 1 N–H and O–H groups in total. The summed E-state index contributed by atoms with van der Waals surface area (Å²) < 4.78 is 3.97. The molecule has 2 aromatic rings. The van der Waals surface area contributed by atoms with E-state index in [0.29, 0.717) is 0 Å². The Kier molecular flexibility index (Phi) is 3.78. The molecule has 0 bridgehead atoms. The molecule has 0 aliphatic carbocycles. The van der Waals surface area contributed by atoms with Gasteiger partial charge in [-0.05, 0) is 42.4 Å². The molecule has 1 unspecified atom stereocenters. The predicted octanol–water partition coefficient (Wildman–Crippen LogP) is 3.36. The first-order valence-electron chi connectivity index (χ1n) is 6.08. The minimum atomic E-state index is -0.623. The third-order valence-corrected chi connectivity index (χ3v) is 3.86. The Morgan fingerprint density at radius 2 is 1.94 bits per heavy atom. The summed E-state index contributed by atoms with van der Waals surface area (Å²) in [5.74, 6) is 0.276. The lowest BCUT2D eigenvalue weighted by Crippen LogP contribution is -2.04. The van der Waals surface area contributed by atoms with Crippen LogP contribution in [0, 0.1) is 13.8 Å². The van der Waals surface area contributed by atoms with Crippen LogP contribution in [0.25, 0.3) is 0 Å². The SMILES string of the molecule is Cc1ccc(C)c(C(O)c2snnc2C(C)C)c1. The zero-order chi connectivity index (χ0) is 13.3. The molecule has 1 heterocycles. The van der Waals surface area contributed by atoms with Gasteiger partial charge in [0.25, 0.3) is 0 Å². The van der Waals surface area contributed by atoms with Gasteiger partial charge in [-0.3, -0.25) is 0 Å². The van der Waals surface area contributed by atoms with Crippen molar-refractivity contribution in [3.63, 3.8) is 0 Å². The van der Waals surface area contributed by atoms with Crippen LogP contribution in [-0.4, -0.2) is 14.7 Å². The minimum Gasteiger partial charge on any atom is -0.383 e. The maximum absolute atomic E-state index is 10.5. The summed E-state index contributed by atoms with van der Waals surface area (Å²) in [6.45, 7) is 8.18. The van der Waals surface area contributed by atoms with E-state index in [0.717, 1.165) is 27.3 Å². The predicted molar refractivity (Wildman–Crippen MR) is 74.0 cm³/mol. The zero-order valence-electron chi connectivity index (χ0n) is 11.1. The van der Waals surface area contributed by atoms with Crippen molar-refractivity contribution in [1.29, 1.82) is 0 Å². The first kappa shape index (κ1) is 13.2. The number of aryl methyl sites for hydroxylation is 2. The largest absolute Gasteiger partial charge is 0.383 e. The first-order valence-corrected chi connectivity index (χ1v) is 6.85. The van der Waals surface area contributed by atoms with Crippen LogP contribution in [0.2, 0.25) is 0 Å². The minimum absolute atomic E-state index is 0.276. The third kappa shape index (κ3) is 2.44. The summed E-state index contributed by atoms with van der Waals surface area (Å²) in [4.78, 5) is 0.860. The smallest absolute Gasteiger partial charge is 0.117 e. The number of nitrogens with zero attached hydrogens (tertiary/aromatic N) is 2. The molecule has 0 radical (unpaired) electrons. The Hall–Kier alpha value is -1.26. The summed E-state index contributed by atoms with van der Waals surface area (Å²) in [5.41, 5.74) is 4.09. The number of hydrogen-bond donors (Lipinski definition) is 1. The molecule has 0 saturated heterocycles. The van der Waals surface area contributed by atoms with Crippen LogP contribution < -0.4 is 0 Å². The molecular formula is C14H18N2OS. The van der Waals surface area contributed by atoms with E-state index in [4.69, 9.17) is 0 Å². The lowest BCUT2D eigenvalue weighted by atomic mass is 9.97. The average molecular weight is 262 g/mol. The fraction of sp³-hybridized carbons (Fsp3) is 0.429. The second-order valence-electron chi connectivity index (χ2n) is 4.94. The van der Waals surface area contributed by atoms with Gasteiger partial charge in [0.15, 0.2) is 0 Å². The molecule has 0 spiro atoms. The summed E-state index contributed by atoms with van der Waals surface area (Å²) >= 11 is 1.28. The van der Waals surface area contributed by atoms with Crippen LogP contribution >= 0.6 is 11.5 Å². The van der Waals surface area contributed by atoms with Crippen molar-refractivity contribution in [3.8, 4) is 0 Å². The third-order valence-electron chi connectivity index (χ3n) is 3.06. The normalized spacial score (nSPS) is 13.0. The Bertz CT molecular complexity index is 548. The van der Waals surface area contributed by atoms with Crippen LogP contribution in [0.15, 0.2) is 18.2 Å². The van der Waals surface area contributed by atoms with Crippen LogP contribution in [0.5, 0.6) is 0 Å². The van der Waals surface area contributed by atoms with E-state index in [1.165, 1.54) is 11.5 Å². The molecule has 2 rings (SSSR count). The van der Waals surface area contributed by atoms with E-state index in [-0.39, 0.29) is 5.92 Å². The van der Waals surface area contributed by atoms with E-state index in [9.17, 15) is 5.11 Å². The van der Waals surface area contributed by atoms with Crippen molar-refractivity contribution in [3.05, 3.63) is 45.5 Å². The molecule has 96 valence electrons. The summed E-state index contributed by atoms with van der Waals surface area (Å²) in [5, 5.41) is 14.7. The number of benzene rings is 1. The fourth-order valence-electron chi connectivity index (χ4n) is 1.99. The fourth-order valence-corrected chi connectivity index (χ4v) is 2.80. The van der Waals surface area contributed by atoms with Gasteiger partial charge in [-0.2, -0.15) is 0 Å². The standard InChI is InChI=1S/C14H18N2OS/c1-8(2)12-14(18-16-15-12)13(17)11-7-9(3)5-6-10(11)4/h5-8,13,17H,1-4H3. The monoisotopic (exact) mass is 262 g/mol. The Morgan fingerprint density at radius 1 is 1.22 bits per heavy atom. The zero-order valence-corrected chi connectivity index (χ0v) is 12.0. The molecule has 1 aromatic heterocycles. The summed E-state index contributed by atoms with van der Waals surface area (Å²) in [7, 11) is 0. The van der Waals surface area contributed by atoms with Crippen molar-refractivity contribution in [2.24, 2.45) is 0 Å². The van der Waals surface area contributed by atoms with Crippen molar-refractivity contribution >= 4 is 11.5 Å². The summed E-state index contributed by atoms with van der Waals surface area (Å²) in [6.07, 6.45) is -0.623. The van der Waals surface area contributed by atoms with Crippen LogP contribution in [0.1, 0.15) is 53.1 Å². The summed E-state index contributed by atoms with van der Waals surface area (Å²) in [6, 6.07) is 6.13. The van der Waals surface area contributed by atoms with Gasteiger partial charge >= 0.3 is 0 Å². The van der Waals surface area contributed by atoms with Crippen molar-refractivity contribution in [2.75, 3.05) is 0 Å². The van der Waals surface area contributed by atoms with Crippen molar-refractivity contribution < 1.29 is 5.11 Å². The van der Waals surface area contributed by atoms with Gasteiger partial charge in [0.2, 0.25) is 0 Å². The maximum Gasteiger partial charge on any atom is 0.117 e. The van der Waals surface area contributed by atoms with Gasteiger partial charge in [-0.15, -0.1) is 5.10 Å². The lowest BCUT2D eigenvalue weighted by molar-refractivity contribution is 0.221. The molecule has 0 aliphatic heterocycles. The number of aliphatic hydroxyl groups is 1. The quantitative estimate of drug-likeness (QED) is 0.922. The van der Waals surface area contributed by atoms with Gasteiger partial charge < -0.3 is 5.11 Å². The van der Waals surface area contributed by atoms with Gasteiger partial charge in [-0.25, -0.2) is 0 Å². The topological polar surface area (TPSA) is 46.0 Å². The molecule has 0 fully saturated rings. The highest BCUT2D eigenvalue weighted by Gasteiger charge is 2.21. The van der Waals surface area contributed by atoms with Crippen molar-refractivity contribution in [1.82, 2.24) is 9.59 Å². The Labute approximate surface area is 112 Å². The van der Waals surface area contributed by atoms with Crippen LogP contribution in [0.4, 0.5) is 0 Å². The molecule has 1 aromatic carbocycles. The second kappa shape index (κ2) is 5.16. The van der Waals surface area contributed by atoms with Gasteiger partial charge in [-0.1, -0.05) is 42.1 Å². The van der Waals surface area contributed by atoms with Gasteiger partial charge in [0.1, 0.15) is 6.10 Å². The van der Waals surface area contributed by atoms with Gasteiger partial charge in [0, 0.05) is 0 Å². The first-order chi connectivity index (χ1) is 8.50. The van der Waals surface area contributed by atoms with Crippen LogP contribution in [-0.2, 0) is 0 Å². The maximum atomic E-state index is 10.5. The number of aliphatic hydroxyl groups excluding tert-OH is 1. The molecular weight excluding hydrogens is 244 g/mol. The molecule has 0 amide bonds. The van der Waals surface area contributed by atoms with Gasteiger partial charge in [0.05, 0.1) is 10.6 Å². The molecule has 0 aliphatic rings. The highest BCUT2D eigenvalue weighted by atomic mass is 32.1. The molecule has 0 saturated carbocycles. The molecule has 3 nitrogen and oxygen atoms in total. The van der Waals surface area contributed by atoms with E-state index >= 15 is 0 Å². The Balaban J connectivity index is 2.44. The lowest BCUT2D eigenvalue weighted by Gasteiger charge is -2.14. The second-order valence-corrected chi connectivity index (χ2v) is 5.73.